The molecule has 0 aliphatic heterocycles. The molecule has 2 aromatic carbocycles. The fraction of sp³-hybridized carbons (Fsp3) is 0.200. The van der Waals surface area contributed by atoms with Gasteiger partial charge in [-0.25, -0.2) is 12.7 Å². The maximum absolute atomic E-state index is 12.3. The van der Waals surface area contributed by atoms with Crippen LogP contribution in [0.25, 0.3) is 11.3 Å². The molecular weight excluding hydrogens is 378 g/mol. The van der Waals surface area contributed by atoms with Crippen LogP contribution >= 0.6 is 0 Å². The molecule has 1 amide bonds. The predicted octanol–water partition coefficient (Wildman–Crippen LogP) is 2.83. The van der Waals surface area contributed by atoms with Crippen molar-refractivity contribution in [3.63, 3.8) is 0 Å². The van der Waals surface area contributed by atoms with Crippen LogP contribution in [0, 0.1) is 6.92 Å². The Bertz CT molecular complexity index is 1070. The molecule has 0 unspecified atom stereocenters. The minimum atomic E-state index is -3.52. The van der Waals surface area contributed by atoms with Crippen LogP contribution in [-0.2, 0) is 16.6 Å². The summed E-state index contributed by atoms with van der Waals surface area (Å²) in [5, 5.41) is 6.72. The second-order valence-electron chi connectivity index (χ2n) is 6.54. The number of nitrogens with zero attached hydrogens (tertiary/aromatic N) is 2. The van der Waals surface area contributed by atoms with Crippen molar-refractivity contribution in [1.82, 2.24) is 14.8 Å². The Morgan fingerprint density at radius 3 is 2.32 bits per heavy atom. The van der Waals surface area contributed by atoms with Gasteiger partial charge in [-0.3, -0.25) is 4.79 Å². The molecule has 1 aromatic heterocycles. The highest BCUT2D eigenvalue weighted by atomic mass is 32.2. The quantitative estimate of drug-likeness (QED) is 0.688. The molecule has 0 atom stereocenters. The van der Waals surface area contributed by atoms with Gasteiger partial charge in [-0.1, -0.05) is 35.0 Å². The Morgan fingerprint density at radius 2 is 1.71 bits per heavy atom. The number of amides is 1. The molecule has 8 heteroatoms. The Labute approximate surface area is 164 Å². The van der Waals surface area contributed by atoms with E-state index in [9.17, 15) is 13.2 Å². The topological polar surface area (TPSA) is 92.5 Å². The number of carbonyl (C=O) groups is 1. The van der Waals surface area contributed by atoms with Gasteiger partial charge in [0.1, 0.15) is 5.69 Å². The second kappa shape index (κ2) is 7.95. The monoisotopic (exact) mass is 399 g/mol. The van der Waals surface area contributed by atoms with Crippen LogP contribution in [-0.4, -0.2) is 37.9 Å². The summed E-state index contributed by atoms with van der Waals surface area (Å²) in [4.78, 5) is 12.4. The summed E-state index contributed by atoms with van der Waals surface area (Å²) in [5.41, 5.74) is 3.02. The van der Waals surface area contributed by atoms with Gasteiger partial charge in [-0.2, -0.15) is 0 Å². The second-order valence-corrected chi connectivity index (χ2v) is 8.69. The van der Waals surface area contributed by atoms with E-state index in [2.05, 4.69) is 10.5 Å². The number of hydrogen-bond acceptors (Lipinski definition) is 5. The van der Waals surface area contributed by atoms with E-state index < -0.39 is 10.0 Å². The van der Waals surface area contributed by atoms with E-state index in [1.807, 2.05) is 31.2 Å². The molecule has 7 nitrogen and oxygen atoms in total. The summed E-state index contributed by atoms with van der Waals surface area (Å²) in [6.45, 7) is 2.21. The number of hydrogen-bond donors (Lipinski definition) is 1. The lowest BCUT2D eigenvalue weighted by molar-refractivity contribution is 0.0950. The van der Waals surface area contributed by atoms with Crippen molar-refractivity contribution < 1.29 is 17.7 Å². The van der Waals surface area contributed by atoms with Gasteiger partial charge >= 0.3 is 0 Å². The van der Waals surface area contributed by atoms with Gasteiger partial charge in [-0.15, -0.1) is 0 Å². The number of aryl methyl sites for hydroxylation is 1. The number of aromatic nitrogens is 1. The minimum absolute atomic E-state index is 0.133. The molecule has 0 radical (unpaired) electrons. The standard InChI is InChI=1S/C20H21N3O4S/c1-14-4-6-15(7-5-14)19-12-17(22-27-19)13-21-20(24)16-8-10-18(11-9-16)28(25,26)23(2)3/h4-12H,13H2,1-3H3,(H,21,24). The van der Waals surface area contributed by atoms with E-state index in [0.717, 1.165) is 15.4 Å². The van der Waals surface area contributed by atoms with Crippen molar-refractivity contribution in [1.29, 1.82) is 0 Å². The molecule has 0 saturated heterocycles. The summed E-state index contributed by atoms with van der Waals surface area (Å²) >= 11 is 0. The fourth-order valence-corrected chi connectivity index (χ4v) is 3.41. The van der Waals surface area contributed by atoms with Crippen LogP contribution in [0.15, 0.2) is 64.0 Å². The van der Waals surface area contributed by atoms with E-state index >= 15 is 0 Å². The zero-order chi connectivity index (χ0) is 20.3. The van der Waals surface area contributed by atoms with Crippen LogP contribution in [0.2, 0.25) is 0 Å². The molecule has 0 bridgehead atoms. The molecule has 0 aliphatic carbocycles. The third-order valence-electron chi connectivity index (χ3n) is 4.22. The molecule has 0 aliphatic rings. The first-order chi connectivity index (χ1) is 13.3. The number of rotatable bonds is 6. The Balaban J connectivity index is 1.64. The Kier molecular flexibility index (Phi) is 5.62. The maximum Gasteiger partial charge on any atom is 0.251 e. The van der Waals surface area contributed by atoms with E-state index in [-0.39, 0.29) is 17.3 Å². The van der Waals surface area contributed by atoms with Crippen LogP contribution < -0.4 is 5.32 Å². The third-order valence-corrected chi connectivity index (χ3v) is 6.05. The average molecular weight is 399 g/mol. The molecule has 146 valence electrons. The summed E-state index contributed by atoms with van der Waals surface area (Å²) < 4.78 is 30.6. The largest absolute Gasteiger partial charge is 0.356 e. The first-order valence-electron chi connectivity index (χ1n) is 8.61. The van der Waals surface area contributed by atoms with Crippen LogP contribution in [0.5, 0.6) is 0 Å². The van der Waals surface area contributed by atoms with Crippen molar-refractivity contribution >= 4 is 15.9 Å². The highest BCUT2D eigenvalue weighted by molar-refractivity contribution is 7.89. The lowest BCUT2D eigenvalue weighted by Crippen LogP contribution is -2.24. The average Bonchev–Trinajstić information content (AvgIpc) is 3.15. The van der Waals surface area contributed by atoms with Gasteiger partial charge in [0, 0.05) is 31.3 Å². The lowest BCUT2D eigenvalue weighted by Gasteiger charge is -2.11. The van der Waals surface area contributed by atoms with Crippen molar-refractivity contribution in [2.45, 2.75) is 18.4 Å². The zero-order valence-electron chi connectivity index (χ0n) is 15.8. The highest BCUT2D eigenvalue weighted by Gasteiger charge is 2.17. The first kappa shape index (κ1) is 19.8. The van der Waals surface area contributed by atoms with Crippen LogP contribution in [0.1, 0.15) is 21.6 Å². The molecule has 0 spiro atoms. The van der Waals surface area contributed by atoms with Crippen molar-refractivity contribution in [3.8, 4) is 11.3 Å². The highest BCUT2D eigenvalue weighted by Crippen LogP contribution is 2.20. The van der Waals surface area contributed by atoms with E-state index in [1.165, 1.54) is 38.4 Å². The fourth-order valence-electron chi connectivity index (χ4n) is 2.51. The molecular formula is C20H21N3O4S. The summed E-state index contributed by atoms with van der Waals surface area (Å²) in [6.07, 6.45) is 0. The molecule has 0 fully saturated rings. The summed E-state index contributed by atoms with van der Waals surface area (Å²) in [7, 11) is -0.608. The zero-order valence-corrected chi connectivity index (χ0v) is 16.7. The van der Waals surface area contributed by atoms with Gasteiger partial charge in [0.15, 0.2) is 5.76 Å². The van der Waals surface area contributed by atoms with Gasteiger partial charge in [0.2, 0.25) is 10.0 Å². The number of sulfonamides is 1. The van der Waals surface area contributed by atoms with Crippen molar-refractivity contribution in [2.24, 2.45) is 0 Å². The van der Waals surface area contributed by atoms with E-state index in [0.29, 0.717) is 17.0 Å². The van der Waals surface area contributed by atoms with Crippen molar-refractivity contribution in [2.75, 3.05) is 14.1 Å². The van der Waals surface area contributed by atoms with Gasteiger partial charge in [0.25, 0.3) is 5.91 Å². The maximum atomic E-state index is 12.3. The van der Waals surface area contributed by atoms with Gasteiger partial charge in [-0.05, 0) is 31.2 Å². The SMILES string of the molecule is Cc1ccc(-c2cc(CNC(=O)c3ccc(S(=O)(=O)N(C)C)cc3)no2)cc1. The van der Waals surface area contributed by atoms with Crippen LogP contribution in [0.4, 0.5) is 0 Å². The Hall–Kier alpha value is -2.97. The van der Waals surface area contributed by atoms with E-state index in [1.54, 1.807) is 6.07 Å². The summed E-state index contributed by atoms with van der Waals surface area (Å²) in [6, 6.07) is 15.4. The molecule has 0 saturated carbocycles. The molecule has 28 heavy (non-hydrogen) atoms. The summed E-state index contributed by atoms with van der Waals surface area (Å²) in [5.74, 6) is 0.302. The number of carbonyl (C=O) groups excluding carboxylic acids is 1. The smallest absolute Gasteiger partial charge is 0.251 e. The van der Waals surface area contributed by atoms with Crippen molar-refractivity contribution in [3.05, 3.63) is 71.4 Å². The number of nitrogens with one attached hydrogen (secondary N) is 1. The third kappa shape index (κ3) is 4.29. The molecule has 3 rings (SSSR count). The lowest BCUT2D eigenvalue weighted by atomic mass is 10.1. The first-order valence-corrected chi connectivity index (χ1v) is 10.0. The normalized spacial score (nSPS) is 11.6. The molecule has 1 N–H and O–H groups in total. The predicted molar refractivity (Wildman–Crippen MR) is 105 cm³/mol. The minimum Gasteiger partial charge on any atom is -0.356 e. The molecule has 1 heterocycles. The van der Waals surface area contributed by atoms with E-state index in [4.69, 9.17) is 4.52 Å². The van der Waals surface area contributed by atoms with Gasteiger partial charge < -0.3 is 9.84 Å². The molecule has 3 aromatic rings. The Morgan fingerprint density at radius 1 is 1.07 bits per heavy atom. The number of benzene rings is 2. The van der Waals surface area contributed by atoms with Crippen LogP contribution in [0.3, 0.4) is 0 Å². The van der Waals surface area contributed by atoms with Gasteiger partial charge in [0.05, 0.1) is 11.4 Å².